The molecule has 0 N–H and O–H groups in total. The van der Waals surface area contributed by atoms with Crippen LogP contribution in [0.1, 0.15) is 28.3 Å². The Bertz CT molecular complexity index is 1770. The lowest BCUT2D eigenvalue weighted by molar-refractivity contribution is 0.402. The van der Waals surface area contributed by atoms with Gasteiger partial charge in [0.1, 0.15) is 6.33 Å². The highest BCUT2D eigenvalue weighted by Gasteiger charge is 2.38. The average molecular weight is 501 g/mol. The molecule has 4 aromatic heterocycles. The number of aryl methyl sites for hydroxylation is 1. The van der Waals surface area contributed by atoms with Crippen LogP contribution in [0.15, 0.2) is 85.5 Å². The lowest BCUT2D eigenvalue weighted by Crippen LogP contribution is -2.16. The normalized spacial score (nSPS) is 14.1. The summed E-state index contributed by atoms with van der Waals surface area (Å²) in [6, 6.07) is 22.4. The van der Waals surface area contributed by atoms with Crippen molar-refractivity contribution < 1.29 is 4.74 Å². The molecule has 5 heterocycles. The fourth-order valence-electron chi connectivity index (χ4n) is 5.04. The fourth-order valence-corrected chi connectivity index (χ4v) is 5.04. The molecule has 0 radical (unpaired) electrons. The van der Waals surface area contributed by atoms with E-state index < -0.39 is 0 Å². The van der Waals surface area contributed by atoms with Gasteiger partial charge in [-0.05, 0) is 48.9 Å². The Morgan fingerprint density at radius 2 is 1.63 bits per heavy atom. The van der Waals surface area contributed by atoms with E-state index in [0.717, 1.165) is 39.3 Å². The Labute approximate surface area is 219 Å². The number of hydrogen-bond acceptors (Lipinski definition) is 7. The number of fused-ring (bicyclic) bond motifs is 4. The van der Waals surface area contributed by atoms with Gasteiger partial charge >= 0.3 is 0 Å². The van der Waals surface area contributed by atoms with Crippen molar-refractivity contribution in [2.24, 2.45) is 0 Å². The molecule has 0 saturated carbocycles. The smallest absolute Gasteiger partial charge is 0.230 e. The number of benzene rings is 2. The van der Waals surface area contributed by atoms with Crippen molar-refractivity contribution in [1.82, 2.24) is 34.3 Å². The number of hydrogen-bond donors (Lipinski definition) is 0. The molecule has 38 heavy (non-hydrogen) atoms. The van der Waals surface area contributed by atoms with Crippen molar-refractivity contribution in [2.45, 2.75) is 12.8 Å². The van der Waals surface area contributed by atoms with Crippen LogP contribution in [0.2, 0.25) is 0 Å². The van der Waals surface area contributed by atoms with Gasteiger partial charge in [0.25, 0.3) is 0 Å². The first-order chi connectivity index (χ1) is 18.6. The van der Waals surface area contributed by atoms with Crippen LogP contribution in [-0.4, -0.2) is 48.4 Å². The second kappa shape index (κ2) is 8.52. The Kier molecular flexibility index (Phi) is 4.97. The largest absolute Gasteiger partial charge is 0.420 e. The van der Waals surface area contributed by atoms with E-state index in [1.165, 1.54) is 0 Å². The van der Waals surface area contributed by atoms with Crippen molar-refractivity contribution in [3.05, 3.63) is 108 Å². The Hall–Kier alpha value is -5.05. The summed E-state index contributed by atoms with van der Waals surface area (Å²) >= 11 is 0. The van der Waals surface area contributed by atoms with Gasteiger partial charge in [0.2, 0.25) is 11.8 Å². The van der Waals surface area contributed by atoms with Gasteiger partial charge in [-0.15, -0.1) is 5.10 Å². The van der Waals surface area contributed by atoms with Crippen LogP contribution in [0.5, 0.6) is 11.8 Å². The monoisotopic (exact) mass is 500 g/mol. The number of para-hydroxylation sites is 1. The molecule has 2 aromatic carbocycles. The molecule has 1 unspecified atom stereocenters. The molecular weight excluding hydrogens is 476 g/mol. The summed E-state index contributed by atoms with van der Waals surface area (Å²) in [5.74, 6) is 1.56. The molecule has 0 spiro atoms. The van der Waals surface area contributed by atoms with E-state index in [1.54, 1.807) is 23.2 Å². The first-order valence-corrected chi connectivity index (χ1v) is 12.3. The minimum absolute atomic E-state index is 0.201. The zero-order valence-electron chi connectivity index (χ0n) is 21.1. The van der Waals surface area contributed by atoms with Crippen molar-refractivity contribution in [1.29, 1.82) is 0 Å². The highest BCUT2D eigenvalue weighted by Crippen LogP contribution is 2.49. The molecule has 1 aliphatic rings. The van der Waals surface area contributed by atoms with Crippen LogP contribution in [0.4, 0.5) is 5.69 Å². The molecule has 7 rings (SSSR count). The van der Waals surface area contributed by atoms with E-state index in [2.05, 4.69) is 34.1 Å². The molecule has 6 aromatic rings. The average Bonchev–Trinajstić information content (AvgIpc) is 3.54. The van der Waals surface area contributed by atoms with Crippen LogP contribution in [0.25, 0.3) is 22.7 Å². The van der Waals surface area contributed by atoms with E-state index in [4.69, 9.17) is 24.9 Å². The first kappa shape index (κ1) is 22.2. The quantitative estimate of drug-likeness (QED) is 0.335. The van der Waals surface area contributed by atoms with Crippen molar-refractivity contribution in [2.75, 3.05) is 19.0 Å². The fraction of sp³-hybridized carbons (Fsp3) is 0.138. The third-order valence-corrected chi connectivity index (χ3v) is 6.90. The van der Waals surface area contributed by atoms with E-state index in [0.29, 0.717) is 23.2 Å². The molecule has 0 aliphatic carbocycles. The summed E-state index contributed by atoms with van der Waals surface area (Å²) in [5.41, 5.74) is 7.45. The third kappa shape index (κ3) is 3.43. The summed E-state index contributed by atoms with van der Waals surface area (Å²) in [5, 5.41) is 9.63. The minimum atomic E-state index is -0.201. The number of ether oxygens (including phenoxy) is 1. The first-order valence-electron chi connectivity index (χ1n) is 12.3. The summed E-state index contributed by atoms with van der Waals surface area (Å²) in [4.78, 5) is 15.9. The molecule has 1 atom stereocenters. The van der Waals surface area contributed by atoms with Crippen LogP contribution in [0, 0.1) is 6.92 Å². The van der Waals surface area contributed by atoms with Crippen molar-refractivity contribution in [3.8, 4) is 28.8 Å². The van der Waals surface area contributed by atoms with Crippen LogP contribution >= 0.6 is 0 Å². The second-order valence-electron chi connectivity index (χ2n) is 9.48. The van der Waals surface area contributed by atoms with Crippen LogP contribution in [0.3, 0.4) is 0 Å². The zero-order chi connectivity index (χ0) is 25.8. The maximum absolute atomic E-state index is 6.51. The van der Waals surface area contributed by atoms with E-state index >= 15 is 0 Å². The van der Waals surface area contributed by atoms with Crippen molar-refractivity contribution in [3.63, 3.8) is 0 Å². The molecule has 0 bridgehead atoms. The van der Waals surface area contributed by atoms with Gasteiger partial charge in [0.05, 0.1) is 28.4 Å². The predicted molar refractivity (Wildman–Crippen MR) is 144 cm³/mol. The number of nitrogens with zero attached hydrogens (tertiary/aromatic N) is 8. The number of anilines is 1. The van der Waals surface area contributed by atoms with E-state index in [1.807, 2.05) is 68.2 Å². The summed E-state index contributed by atoms with van der Waals surface area (Å²) in [7, 11) is 4.07. The lowest BCUT2D eigenvalue weighted by Gasteiger charge is -2.26. The molecule has 9 heteroatoms. The van der Waals surface area contributed by atoms with Crippen LogP contribution in [-0.2, 0) is 0 Å². The maximum atomic E-state index is 6.51. The van der Waals surface area contributed by atoms with Gasteiger partial charge in [-0.3, -0.25) is 4.98 Å². The molecule has 186 valence electrons. The highest BCUT2D eigenvalue weighted by molar-refractivity contribution is 5.69. The Balaban J connectivity index is 1.48. The van der Waals surface area contributed by atoms with Gasteiger partial charge in [0.15, 0.2) is 11.5 Å². The number of rotatable bonds is 4. The molecule has 1 aliphatic heterocycles. The van der Waals surface area contributed by atoms with Crippen LogP contribution < -0.4 is 9.64 Å². The maximum Gasteiger partial charge on any atom is 0.230 e. The van der Waals surface area contributed by atoms with Gasteiger partial charge in [-0.25, -0.2) is 19.2 Å². The third-order valence-electron chi connectivity index (χ3n) is 6.90. The molecule has 0 amide bonds. The molecular formula is C29H24N8O. The molecule has 0 fully saturated rings. The second-order valence-corrected chi connectivity index (χ2v) is 9.48. The SMILES string of the molecule is Cc1nn(-c2ccccc2)c2c1C(c1ccc(N(C)C)cc1)c1c(ncn3nc(-c4ccncc4)nc13)O2. The highest BCUT2D eigenvalue weighted by atomic mass is 16.5. The summed E-state index contributed by atoms with van der Waals surface area (Å²) in [6.45, 7) is 2.02. The van der Waals surface area contributed by atoms with Crippen molar-refractivity contribution >= 4 is 11.3 Å². The molecule has 0 saturated heterocycles. The molecule has 9 nitrogen and oxygen atoms in total. The predicted octanol–water partition coefficient (Wildman–Crippen LogP) is 5.03. The Morgan fingerprint density at radius 1 is 0.868 bits per heavy atom. The standard InChI is InChI=1S/C29H24N8O/c1-18-23-24(19-9-11-21(12-10-19)35(2)3)25-27-32-26(20-13-15-30-16-14-20)34-36(27)17-31-28(25)38-29(23)37(33-18)22-7-5-4-6-8-22/h4-17,24H,1-3H3. The van der Waals surface area contributed by atoms with E-state index in [9.17, 15) is 0 Å². The number of pyridine rings is 1. The van der Waals surface area contributed by atoms with E-state index in [-0.39, 0.29) is 5.92 Å². The number of aromatic nitrogens is 7. The van der Waals surface area contributed by atoms with Gasteiger partial charge in [-0.1, -0.05) is 30.3 Å². The summed E-state index contributed by atoms with van der Waals surface area (Å²) < 4.78 is 10.1. The van der Waals surface area contributed by atoms with Gasteiger partial charge in [0, 0.05) is 37.7 Å². The minimum Gasteiger partial charge on any atom is -0.420 e. The Morgan fingerprint density at radius 3 is 2.37 bits per heavy atom. The zero-order valence-corrected chi connectivity index (χ0v) is 21.1. The lowest BCUT2D eigenvalue weighted by atomic mass is 9.84. The topological polar surface area (TPSA) is 86.3 Å². The van der Waals surface area contributed by atoms with Gasteiger partial charge < -0.3 is 9.64 Å². The van der Waals surface area contributed by atoms with Gasteiger partial charge in [-0.2, -0.15) is 5.10 Å². The summed E-state index contributed by atoms with van der Waals surface area (Å²) in [6.07, 6.45) is 5.13.